The Bertz CT molecular complexity index is 742. The van der Waals surface area contributed by atoms with Crippen LogP contribution in [0.4, 0.5) is 0 Å². The fraction of sp³-hybridized carbons (Fsp3) is 0.444. The number of phenolic OH excluding ortho intramolecular Hbond substituents is 2. The summed E-state index contributed by atoms with van der Waals surface area (Å²) < 4.78 is 10.9. The Balaban J connectivity index is 1.97. The van der Waals surface area contributed by atoms with E-state index in [4.69, 9.17) is 21.1 Å². The van der Waals surface area contributed by atoms with Crippen molar-refractivity contribution in [1.29, 1.82) is 0 Å². The van der Waals surface area contributed by atoms with E-state index >= 15 is 0 Å². The summed E-state index contributed by atoms with van der Waals surface area (Å²) in [5, 5.41) is 19.8. The van der Waals surface area contributed by atoms with E-state index in [0.29, 0.717) is 12.8 Å². The highest BCUT2D eigenvalue weighted by atomic mass is 35.5. The maximum atomic E-state index is 12.5. The molecule has 6 nitrogen and oxygen atoms in total. The number of allylic oxidation sites excluding steroid dienone is 1. The average Bonchev–Trinajstić information content (AvgIpc) is 3.25. The summed E-state index contributed by atoms with van der Waals surface area (Å²) in [4.78, 5) is 24.7. The van der Waals surface area contributed by atoms with Gasteiger partial charge in [-0.15, -0.1) is 0 Å². The van der Waals surface area contributed by atoms with E-state index < -0.39 is 23.6 Å². The van der Waals surface area contributed by atoms with Crippen molar-refractivity contribution in [3.8, 4) is 11.5 Å². The van der Waals surface area contributed by atoms with Crippen LogP contribution in [0.1, 0.15) is 42.1 Å². The number of carbonyl (C=O) groups excluding carboxylic acids is 2. The Morgan fingerprint density at radius 3 is 2.68 bits per heavy atom. The van der Waals surface area contributed by atoms with Crippen molar-refractivity contribution in [2.75, 3.05) is 0 Å². The van der Waals surface area contributed by atoms with Crippen molar-refractivity contribution in [3.63, 3.8) is 0 Å². The van der Waals surface area contributed by atoms with Crippen molar-refractivity contribution in [2.45, 2.75) is 50.9 Å². The zero-order valence-electron chi connectivity index (χ0n) is 13.7. The topological polar surface area (TPSA) is 96.4 Å². The predicted octanol–water partition coefficient (Wildman–Crippen LogP) is 2.92. The van der Waals surface area contributed by atoms with Gasteiger partial charge in [-0.1, -0.05) is 23.8 Å². The van der Waals surface area contributed by atoms with Crippen molar-refractivity contribution in [3.05, 3.63) is 34.4 Å². The van der Waals surface area contributed by atoms with Crippen LogP contribution in [0.25, 0.3) is 0 Å². The largest absolute Gasteiger partial charge is 0.507 e. The maximum absolute atomic E-state index is 12.5. The van der Waals surface area contributed by atoms with E-state index in [1.807, 2.05) is 6.08 Å². The van der Waals surface area contributed by atoms with Gasteiger partial charge in [-0.2, -0.15) is 0 Å². The predicted molar refractivity (Wildman–Crippen MR) is 90.0 cm³/mol. The molecule has 2 aliphatic heterocycles. The third-order valence-corrected chi connectivity index (χ3v) is 4.76. The minimum absolute atomic E-state index is 0.0163. The van der Waals surface area contributed by atoms with E-state index in [0.717, 1.165) is 6.07 Å². The number of ketones is 1. The maximum Gasteiger partial charge on any atom is 0.342 e. The molecule has 0 amide bonds. The standard InChI is InChI=1S/C18H19ClO6/c1-9-6-15-14(25-15)5-3-2-4-10(20)7-11-16(18(23)24-9)12(21)8-13(22)17(11)19/h2-3,8-9,14-15,21-22H,4-7H2,1H3/b3-2+/t9-,14-,15-/m1/s1. The number of hydrogen-bond donors (Lipinski definition) is 2. The van der Waals surface area contributed by atoms with Gasteiger partial charge in [-0.3, -0.25) is 4.79 Å². The van der Waals surface area contributed by atoms with Gasteiger partial charge < -0.3 is 19.7 Å². The Morgan fingerprint density at radius 1 is 1.16 bits per heavy atom. The van der Waals surface area contributed by atoms with E-state index in [1.165, 1.54) is 0 Å². The van der Waals surface area contributed by atoms with Crippen LogP contribution in [0.15, 0.2) is 18.2 Å². The van der Waals surface area contributed by atoms with Crippen LogP contribution in [-0.2, 0) is 20.7 Å². The van der Waals surface area contributed by atoms with Gasteiger partial charge >= 0.3 is 5.97 Å². The zero-order chi connectivity index (χ0) is 18.1. The van der Waals surface area contributed by atoms with Crippen LogP contribution in [0.3, 0.4) is 0 Å². The van der Waals surface area contributed by atoms with Gasteiger partial charge in [0.2, 0.25) is 0 Å². The van der Waals surface area contributed by atoms with E-state index in [-0.39, 0.29) is 47.0 Å². The third kappa shape index (κ3) is 3.96. The molecule has 0 radical (unpaired) electrons. The highest BCUT2D eigenvalue weighted by Gasteiger charge is 2.39. The first kappa shape index (κ1) is 17.8. The highest BCUT2D eigenvalue weighted by molar-refractivity contribution is 6.33. The normalized spacial score (nSPS) is 28.3. The van der Waals surface area contributed by atoms with Crippen LogP contribution < -0.4 is 0 Å². The van der Waals surface area contributed by atoms with Crippen molar-refractivity contribution >= 4 is 23.4 Å². The van der Waals surface area contributed by atoms with Crippen molar-refractivity contribution in [1.82, 2.24) is 0 Å². The summed E-state index contributed by atoms with van der Waals surface area (Å²) in [6.45, 7) is 1.74. The second-order valence-electron chi connectivity index (χ2n) is 6.37. The number of Topliss-reactive ketones (excluding diaryl/α,β-unsaturated/α-hetero) is 1. The van der Waals surface area contributed by atoms with Crippen LogP contribution in [0.5, 0.6) is 11.5 Å². The van der Waals surface area contributed by atoms with E-state index in [2.05, 4.69) is 0 Å². The number of benzene rings is 1. The lowest BCUT2D eigenvalue weighted by molar-refractivity contribution is -0.117. The summed E-state index contributed by atoms with van der Waals surface area (Å²) in [6.07, 6.45) is 4.55. The van der Waals surface area contributed by atoms with Crippen LogP contribution in [-0.4, -0.2) is 40.3 Å². The molecule has 0 unspecified atom stereocenters. The molecule has 2 N–H and O–H groups in total. The molecule has 2 heterocycles. The SMILES string of the molecule is C[C@@H]1C[C@H]2O[C@@H]2C/C=C/CC(=O)Cc2c(Cl)c(O)cc(O)c2C(=O)O1. The molecule has 134 valence electrons. The van der Waals surface area contributed by atoms with E-state index in [9.17, 15) is 19.8 Å². The molecule has 3 atom stereocenters. The molecule has 1 fully saturated rings. The van der Waals surface area contributed by atoms with Gasteiger partial charge in [0.15, 0.2) is 0 Å². The number of cyclic esters (lactones) is 1. The monoisotopic (exact) mass is 366 g/mol. The van der Waals surface area contributed by atoms with Gasteiger partial charge in [0.25, 0.3) is 0 Å². The molecule has 7 heteroatoms. The lowest BCUT2D eigenvalue weighted by Crippen LogP contribution is -2.20. The second kappa shape index (κ2) is 7.06. The molecule has 1 aromatic rings. The number of ether oxygens (including phenoxy) is 2. The number of aromatic hydroxyl groups is 2. The number of rotatable bonds is 0. The van der Waals surface area contributed by atoms with Gasteiger partial charge in [-0.05, 0) is 13.3 Å². The lowest BCUT2D eigenvalue weighted by atomic mass is 9.98. The van der Waals surface area contributed by atoms with E-state index in [1.54, 1.807) is 13.0 Å². The van der Waals surface area contributed by atoms with Gasteiger partial charge in [0.05, 0.1) is 17.2 Å². The lowest BCUT2D eigenvalue weighted by Gasteiger charge is -2.17. The molecular weight excluding hydrogens is 348 g/mol. The van der Waals surface area contributed by atoms with Gasteiger partial charge in [0.1, 0.15) is 28.9 Å². The minimum atomic E-state index is -0.778. The molecule has 3 rings (SSSR count). The Kier molecular flexibility index (Phi) is 5.01. The highest BCUT2D eigenvalue weighted by Crippen LogP contribution is 2.38. The second-order valence-corrected chi connectivity index (χ2v) is 6.75. The van der Waals surface area contributed by atoms with Gasteiger partial charge in [-0.25, -0.2) is 4.79 Å². The summed E-state index contributed by atoms with van der Waals surface area (Å²) in [6, 6.07) is 0.973. The quantitative estimate of drug-likeness (QED) is 0.416. The van der Waals surface area contributed by atoms with Crippen LogP contribution in [0.2, 0.25) is 5.02 Å². The van der Waals surface area contributed by atoms with Crippen LogP contribution in [0, 0.1) is 0 Å². The number of halogens is 1. The van der Waals surface area contributed by atoms with Crippen LogP contribution >= 0.6 is 11.6 Å². The average molecular weight is 367 g/mol. The summed E-state index contributed by atoms with van der Waals surface area (Å²) in [5.74, 6) is -1.84. The molecule has 0 spiro atoms. The molecule has 0 aliphatic carbocycles. The molecule has 0 aromatic heterocycles. The molecule has 0 saturated carbocycles. The number of carbonyl (C=O) groups is 2. The summed E-state index contributed by atoms with van der Waals surface area (Å²) >= 11 is 6.07. The molecule has 1 aromatic carbocycles. The minimum Gasteiger partial charge on any atom is -0.507 e. The third-order valence-electron chi connectivity index (χ3n) is 4.34. The number of phenols is 2. The Labute approximate surface area is 150 Å². The zero-order valence-corrected chi connectivity index (χ0v) is 14.5. The molecule has 2 aliphatic rings. The summed E-state index contributed by atoms with van der Waals surface area (Å²) in [5.41, 5.74) is -0.107. The molecule has 25 heavy (non-hydrogen) atoms. The smallest absolute Gasteiger partial charge is 0.342 e. The number of fused-ring (bicyclic) bond motifs is 2. The molecular formula is C18H19ClO6. The first-order valence-corrected chi connectivity index (χ1v) is 8.51. The first-order chi connectivity index (χ1) is 11.9. The number of esters is 1. The Morgan fingerprint density at radius 2 is 1.92 bits per heavy atom. The summed E-state index contributed by atoms with van der Waals surface area (Å²) in [7, 11) is 0. The molecule has 0 bridgehead atoms. The fourth-order valence-corrected chi connectivity index (χ4v) is 3.22. The fourth-order valence-electron chi connectivity index (χ4n) is 3.00. The van der Waals surface area contributed by atoms with Crippen molar-refractivity contribution < 1.29 is 29.3 Å². The number of epoxide rings is 1. The first-order valence-electron chi connectivity index (χ1n) is 8.13. The molecule has 1 saturated heterocycles. The van der Waals surface area contributed by atoms with Crippen molar-refractivity contribution in [2.24, 2.45) is 0 Å². The number of hydrogen-bond acceptors (Lipinski definition) is 6. The van der Waals surface area contributed by atoms with Gasteiger partial charge in [0, 0.05) is 30.9 Å². The Hall–Kier alpha value is -2.05.